The van der Waals surface area contributed by atoms with E-state index in [9.17, 15) is 9.90 Å². The van der Waals surface area contributed by atoms with Gasteiger partial charge in [0.15, 0.2) is 0 Å². The standard InChI is InChI=1S/C16H29NO3/c1-3-16(11-6-12-16)14(18)8-5-7-13(17)9-10-15(19)20-4-2/h5,7,13-14,18H,3-4,6,8-12,17H2,1-2H3/b7-5+/t13-,14-/m0/s1. The highest BCUT2D eigenvalue weighted by Gasteiger charge is 2.40. The smallest absolute Gasteiger partial charge is 0.305 e. The molecule has 1 fully saturated rings. The number of hydrogen-bond donors (Lipinski definition) is 2. The number of aliphatic hydroxyl groups is 1. The Kier molecular flexibility index (Phi) is 7.24. The second kappa shape index (κ2) is 8.42. The van der Waals surface area contributed by atoms with Crippen LogP contribution in [0, 0.1) is 5.41 Å². The van der Waals surface area contributed by atoms with Crippen LogP contribution in [-0.4, -0.2) is 29.8 Å². The van der Waals surface area contributed by atoms with Crippen molar-refractivity contribution in [2.75, 3.05) is 6.61 Å². The lowest BCUT2D eigenvalue weighted by Crippen LogP contribution is -2.40. The molecule has 2 atom stereocenters. The van der Waals surface area contributed by atoms with Crippen molar-refractivity contribution in [1.82, 2.24) is 0 Å². The monoisotopic (exact) mass is 283 g/mol. The first kappa shape index (κ1) is 17.2. The van der Waals surface area contributed by atoms with Gasteiger partial charge in [0.05, 0.1) is 12.7 Å². The molecule has 4 heteroatoms. The topological polar surface area (TPSA) is 72.5 Å². The molecule has 1 aliphatic carbocycles. The molecule has 0 heterocycles. The van der Waals surface area contributed by atoms with Gasteiger partial charge in [0.1, 0.15) is 0 Å². The van der Waals surface area contributed by atoms with Gasteiger partial charge < -0.3 is 15.6 Å². The molecule has 0 aromatic rings. The fraction of sp³-hybridized carbons (Fsp3) is 0.812. The third-order valence-electron chi connectivity index (χ3n) is 4.49. The highest BCUT2D eigenvalue weighted by atomic mass is 16.5. The second-order valence-corrected chi connectivity index (χ2v) is 5.76. The molecule has 0 saturated heterocycles. The quantitative estimate of drug-likeness (QED) is 0.504. The van der Waals surface area contributed by atoms with E-state index in [1.807, 2.05) is 12.2 Å². The number of rotatable bonds is 9. The molecular formula is C16H29NO3. The Bertz CT molecular complexity index is 318. The molecule has 1 rings (SSSR count). The lowest BCUT2D eigenvalue weighted by molar-refractivity contribution is -0.143. The van der Waals surface area contributed by atoms with Crippen LogP contribution in [0.2, 0.25) is 0 Å². The molecular weight excluding hydrogens is 254 g/mol. The summed E-state index contributed by atoms with van der Waals surface area (Å²) in [6.07, 6.45) is 9.70. The van der Waals surface area contributed by atoms with Gasteiger partial charge in [-0.2, -0.15) is 0 Å². The van der Waals surface area contributed by atoms with Gasteiger partial charge in [-0.25, -0.2) is 0 Å². The van der Waals surface area contributed by atoms with Gasteiger partial charge in [-0.05, 0) is 44.4 Å². The number of carbonyl (C=O) groups is 1. The van der Waals surface area contributed by atoms with Crippen molar-refractivity contribution < 1.29 is 14.6 Å². The van der Waals surface area contributed by atoms with E-state index in [1.165, 1.54) is 6.42 Å². The Labute approximate surface area is 122 Å². The van der Waals surface area contributed by atoms with Gasteiger partial charge in [0.25, 0.3) is 0 Å². The molecule has 0 radical (unpaired) electrons. The maximum Gasteiger partial charge on any atom is 0.305 e. The van der Waals surface area contributed by atoms with Crippen LogP contribution in [0.3, 0.4) is 0 Å². The Hall–Kier alpha value is -0.870. The number of aliphatic hydroxyl groups excluding tert-OH is 1. The van der Waals surface area contributed by atoms with Gasteiger partial charge in [0, 0.05) is 12.5 Å². The number of nitrogens with two attached hydrogens (primary N) is 1. The fourth-order valence-corrected chi connectivity index (χ4v) is 2.80. The Balaban J connectivity index is 2.24. The lowest BCUT2D eigenvalue weighted by atomic mass is 9.63. The number of ether oxygens (including phenoxy) is 1. The molecule has 3 N–H and O–H groups in total. The zero-order valence-corrected chi connectivity index (χ0v) is 12.8. The van der Waals surface area contributed by atoms with Crippen molar-refractivity contribution in [2.24, 2.45) is 11.1 Å². The molecule has 0 amide bonds. The van der Waals surface area contributed by atoms with E-state index < -0.39 is 0 Å². The maximum absolute atomic E-state index is 11.2. The first-order valence-electron chi connectivity index (χ1n) is 7.80. The summed E-state index contributed by atoms with van der Waals surface area (Å²) in [6, 6.07) is -0.148. The number of esters is 1. The van der Waals surface area contributed by atoms with Crippen LogP contribution in [-0.2, 0) is 9.53 Å². The Morgan fingerprint density at radius 2 is 2.15 bits per heavy atom. The van der Waals surface area contributed by atoms with Crippen LogP contribution >= 0.6 is 0 Å². The summed E-state index contributed by atoms with van der Waals surface area (Å²) in [4.78, 5) is 11.2. The molecule has 0 spiro atoms. The molecule has 116 valence electrons. The van der Waals surface area contributed by atoms with E-state index in [4.69, 9.17) is 10.5 Å². The molecule has 1 saturated carbocycles. The highest BCUT2D eigenvalue weighted by Crippen LogP contribution is 2.47. The van der Waals surface area contributed by atoms with E-state index in [-0.39, 0.29) is 23.5 Å². The lowest BCUT2D eigenvalue weighted by Gasteiger charge is -2.45. The van der Waals surface area contributed by atoms with Crippen molar-refractivity contribution in [3.63, 3.8) is 0 Å². The third kappa shape index (κ3) is 4.91. The predicted octanol–water partition coefficient (Wildman–Crippen LogP) is 2.54. The Morgan fingerprint density at radius 3 is 2.65 bits per heavy atom. The van der Waals surface area contributed by atoms with Gasteiger partial charge in [-0.15, -0.1) is 0 Å². The SMILES string of the molecule is CCOC(=O)CC[C@@H](N)/C=C/C[C@H](O)C1(CC)CCC1. The average Bonchev–Trinajstić information content (AvgIpc) is 2.36. The molecule has 0 aromatic carbocycles. The normalized spacial score (nSPS) is 20.4. The molecule has 20 heavy (non-hydrogen) atoms. The first-order chi connectivity index (χ1) is 9.54. The summed E-state index contributed by atoms with van der Waals surface area (Å²) < 4.78 is 4.86. The number of carbonyl (C=O) groups excluding carboxylic acids is 1. The van der Waals surface area contributed by atoms with Crippen molar-refractivity contribution in [1.29, 1.82) is 0 Å². The minimum atomic E-state index is -0.269. The van der Waals surface area contributed by atoms with Gasteiger partial charge >= 0.3 is 5.97 Å². The minimum Gasteiger partial charge on any atom is -0.466 e. The zero-order valence-electron chi connectivity index (χ0n) is 12.8. The molecule has 0 aromatic heterocycles. The van der Waals surface area contributed by atoms with Crippen LogP contribution in [0.1, 0.15) is 58.8 Å². The molecule has 1 aliphatic rings. The molecule has 0 unspecified atom stereocenters. The highest BCUT2D eigenvalue weighted by molar-refractivity contribution is 5.69. The van der Waals surface area contributed by atoms with Gasteiger partial charge in [0.2, 0.25) is 0 Å². The van der Waals surface area contributed by atoms with Crippen LogP contribution in [0.25, 0.3) is 0 Å². The van der Waals surface area contributed by atoms with Crippen molar-refractivity contribution >= 4 is 5.97 Å². The van der Waals surface area contributed by atoms with Crippen LogP contribution in [0.5, 0.6) is 0 Å². The second-order valence-electron chi connectivity index (χ2n) is 5.76. The van der Waals surface area contributed by atoms with Crippen LogP contribution in [0.15, 0.2) is 12.2 Å². The van der Waals surface area contributed by atoms with E-state index in [0.29, 0.717) is 25.9 Å². The Morgan fingerprint density at radius 1 is 1.45 bits per heavy atom. The van der Waals surface area contributed by atoms with E-state index >= 15 is 0 Å². The van der Waals surface area contributed by atoms with E-state index in [2.05, 4.69) is 6.92 Å². The summed E-state index contributed by atoms with van der Waals surface area (Å²) in [7, 11) is 0. The maximum atomic E-state index is 11.2. The van der Waals surface area contributed by atoms with Crippen molar-refractivity contribution in [3.8, 4) is 0 Å². The largest absolute Gasteiger partial charge is 0.466 e. The first-order valence-corrected chi connectivity index (χ1v) is 7.80. The average molecular weight is 283 g/mol. The summed E-state index contributed by atoms with van der Waals surface area (Å²) in [6.45, 7) is 4.36. The number of hydrogen-bond acceptors (Lipinski definition) is 4. The summed E-state index contributed by atoms with van der Waals surface area (Å²) in [5.41, 5.74) is 6.05. The summed E-state index contributed by atoms with van der Waals surface area (Å²) in [5.74, 6) is -0.198. The van der Waals surface area contributed by atoms with Crippen molar-refractivity contribution in [3.05, 3.63) is 12.2 Å². The molecule has 4 nitrogen and oxygen atoms in total. The van der Waals surface area contributed by atoms with Crippen LogP contribution < -0.4 is 5.73 Å². The van der Waals surface area contributed by atoms with Gasteiger partial charge in [-0.1, -0.05) is 25.5 Å². The summed E-state index contributed by atoms with van der Waals surface area (Å²) in [5, 5.41) is 10.3. The van der Waals surface area contributed by atoms with Crippen molar-refractivity contribution in [2.45, 2.75) is 70.9 Å². The predicted molar refractivity (Wildman–Crippen MR) is 80.2 cm³/mol. The van der Waals surface area contributed by atoms with E-state index in [0.717, 1.165) is 19.3 Å². The van der Waals surface area contributed by atoms with E-state index in [1.54, 1.807) is 6.92 Å². The zero-order chi connectivity index (χ0) is 15.0. The van der Waals surface area contributed by atoms with Crippen LogP contribution in [0.4, 0.5) is 0 Å². The fourth-order valence-electron chi connectivity index (χ4n) is 2.80. The minimum absolute atomic E-state index is 0.138. The van der Waals surface area contributed by atoms with Gasteiger partial charge in [-0.3, -0.25) is 4.79 Å². The third-order valence-corrected chi connectivity index (χ3v) is 4.49. The molecule has 0 aliphatic heterocycles. The summed E-state index contributed by atoms with van der Waals surface area (Å²) >= 11 is 0. The molecule has 0 bridgehead atoms.